The van der Waals surface area contributed by atoms with Gasteiger partial charge in [-0.2, -0.15) is 0 Å². The lowest BCUT2D eigenvalue weighted by Gasteiger charge is -2.21. The van der Waals surface area contributed by atoms with E-state index in [0.717, 1.165) is 16.2 Å². The Morgan fingerprint density at radius 2 is 2.28 bits per heavy atom. The van der Waals surface area contributed by atoms with Crippen LogP contribution >= 0.6 is 11.3 Å². The fourth-order valence-corrected chi connectivity index (χ4v) is 2.40. The number of thiophene rings is 1. The standard InChI is InChI=1S/C11H16N2O4S/c1-3-12(6-8(2)11(14)15)7-9-4-5-10(18-9)13(16)17/h4-5,8H,3,6-7H2,1-2H3,(H,14,15). The van der Waals surface area contributed by atoms with Crippen molar-refractivity contribution in [2.24, 2.45) is 5.92 Å². The number of hydrogen-bond donors (Lipinski definition) is 1. The molecular weight excluding hydrogens is 256 g/mol. The van der Waals surface area contributed by atoms with Crippen LogP contribution in [0.3, 0.4) is 0 Å². The van der Waals surface area contributed by atoms with Crippen molar-refractivity contribution in [1.29, 1.82) is 0 Å². The number of carboxylic acids is 1. The Kier molecular flexibility index (Phi) is 5.24. The largest absolute Gasteiger partial charge is 0.481 e. The Hall–Kier alpha value is -1.47. The predicted octanol–water partition coefficient (Wildman–Crippen LogP) is 2.20. The minimum atomic E-state index is -0.828. The normalized spacial score (nSPS) is 12.6. The number of hydrogen-bond acceptors (Lipinski definition) is 5. The zero-order valence-corrected chi connectivity index (χ0v) is 11.1. The van der Waals surface area contributed by atoms with Gasteiger partial charge in [0, 0.05) is 24.0 Å². The molecule has 0 aliphatic carbocycles. The van der Waals surface area contributed by atoms with E-state index in [1.807, 2.05) is 11.8 Å². The quantitative estimate of drug-likeness (QED) is 0.607. The molecule has 1 N–H and O–H groups in total. The molecule has 1 atom stereocenters. The smallest absolute Gasteiger partial charge is 0.324 e. The van der Waals surface area contributed by atoms with Gasteiger partial charge < -0.3 is 5.11 Å². The van der Waals surface area contributed by atoms with Crippen LogP contribution in [-0.2, 0) is 11.3 Å². The summed E-state index contributed by atoms with van der Waals surface area (Å²) in [6.45, 7) is 5.30. The minimum Gasteiger partial charge on any atom is -0.481 e. The molecule has 7 heteroatoms. The van der Waals surface area contributed by atoms with Crippen LogP contribution in [-0.4, -0.2) is 34.0 Å². The van der Waals surface area contributed by atoms with Gasteiger partial charge in [-0.15, -0.1) is 0 Å². The lowest BCUT2D eigenvalue weighted by atomic mass is 10.1. The molecule has 1 unspecified atom stereocenters. The van der Waals surface area contributed by atoms with Crippen LogP contribution in [0.2, 0.25) is 0 Å². The second-order valence-electron chi connectivity index (χ2n) is 4.06. The number of nitro groups is 1. The number of nitrogens with zero attached hydrogens (tertiary/aromatic N) is 2. The molecule has 0 amide bonds. The highest BCUT2D eigenvalue weighted by molar-refractivity contribution is 7.15. The van der Waals surface area contributed by atoms with Gasteiger partial charge in [-0.05, 0) is 12.6 Å². The summed E-state index contributed by atoms with van der Waals surface area (Å²) in [6.07, 6.45) is 0. The van der Waals surface area contributed by atoms with E-state index in [4.69, 9.17) is 5.11 Å². The second kappa shape index (κ2) is 6.46. The summed E-state index contributed by atoms with van der Waals surface area (Å²) in [5, 5.41) is 19.5. The maximum atomic E-state index is 10.8. The van der Waals surface area contributed by atoms with E-state index in [0.29, 0.717) is 19.6 Å². The third kappa shape index (κ3) is 4.08. The maximum absolute atomic E-state index is 10.8. The first-order chi connectivity index (χ1) is 8.43. The van der Waals surface area contributed by atoms with Gasteiger partial charge in [0.25, 0.3) is 0 Å². The summed E-state index contributed by atoms with van der Waals surface area (Å²) in [6, 6.07) is 3.20. The molecule has 0 aromatic carbocycles. The summed E-state index contributed by atoms with van der Waals surface area (Å²) < 4.78 is 0. The Morgan fingerprint density at radius 3 is 2.72 bits per heavy atom. The molecule has 1 heterocycles. The van der Waals surface area contributed by atoms with E-state index in [-0.39, 0.29) is 5.00 Å². The van der Waals surface area contributed by atoms with E-state index in [1.54, 1.807) is 13.0 Å². The average molecular weight is 272 g/mol. The van der Waals surface area contributed by atoms with Crippen LogP contribution in [0.4, 0.5) is 5.00 Å². The number of aliphatic carboxylic acids is 1. The van der Waals surface area contributed by atoms with E-state index in [1.165, 1.54) is 6.07 Å². The van der Waals surface area contributed by atoms with Crippen molar-refractivity contribution in [1.82, 2.24) is 4.90 Å². The molecule has 1 rings (SSSR count). The minimum absolute atomic E-state index is 0.118. The molecule has 0 saturated heterocycles. The third-order valence-electron chi connectivity index (χ3n) is 2.61. The van der Waals surface area contributed by atoms with E-state index in [9.17, 15) is 14.9 Å². The van der Waals surface area contributed by atoms with Crippen LogP contribution in [0.5, 0.6) is 0 Å². The van der Waals surface area contributed by atoms with Gasteiger partial charge in [-0.25, -0.2) is 0 Å². The van der Waals surface area contributed by atoms with Crippen molar-refractivity contribution in [2.75, 3.05) is 13.1 Å². The molecule has 0 fully saturated rings. The Labute approximate surface area is 109 Å². The monoisotopic (exact) mass is 272 g/mol. The maximum Gasteiger partial charge on any atom is 0.324 e. The SMILES string of the molecule is CCN(Cc1ccc([N+](=O)[O-])s1)CC(C)C(=O)O. The molecule has 0 bridgehead atoms. The Morgan fingerprint density at radius 1 is 1.61 bits per heavy atom. The third-order valence-corrected chi connectivity index (χ3v) is 3.63. The summed E-state index contributed by atoms with van der Waals surface area (Å²) in [4.78, 5) is 23.8. The van der Waals surface area contributed by atoms with E-state index >= 15 is 0 Å². The number of rotatable bonds is 7. The average Bonchev–Trinajstić information content (AvgIpc) is 2.76. The molecule has 0 saturated carbocycles. The molecule has 0 aliphatic heterocycles. The van der Waals surface area contributed by atoms with Crippen molar-refractivity contribution < 1.29 is 14.8 Å². The molecule has 0 spiro atoms. The van der Waals surface area contributed by atoms with Crippen molar-refractivity contribution in [3.63, 3.8) is 0 Å². The van der Waals surface area contributed by atoms with Crippen LogP contribution in [0, 0.1) is 16.0 Å². The van der Waals surface area contributed by atoms with Crippen LogP contribution in [0.15, 0.2) is 12.1 Å². The van der Waals surface area contributed by atoms with Crippen molar-refractivity contribution in [2.45, 2.75) is 20.4 Å². The van der Waals surface area contributed by atoms with Crippen LogP contribution in [0.1, 0.15) is 18.7 Å². The predicted molar refractivity (Wildman–Crippen MR) is 68.7 cm³/mol. The zero-order chi connectivity index (χ0) is 13.7. The molecular formula is C11H16N2O4S. The lowest BCUT2D eigenvalue weighted by molar-refractivity contribution is -0.380. The van der Waals surface area contributed by atoms with Gasteiger partial charge in [0.05, 0.1) is 10.8 Å². The second-order valence-corrected chi connectivity index (χ2v) is 5.21. The van der Waals surface area contributed by atoms with Crippen molar-refractivity contribution in [3.8, 4) is 0 Å². The Balaban J connectivity index is 2.61. The molecule has 0 aliphatic rings. The van der Waals surface area contributed by atoms with Crippen molar-refractivity contribution >= 4 is 22.3 Å². The van der Waals surface area contributed by atoms with Gasteiger partial charge in [0.15, 0.2) is 0 Å². The lowest BCUT2D eigenvalue weighted by Crippen LogP contribution is -2.31. The molecule has 1 aromatic heterocycles. The zero-order valence-electron chi connectivity index (χ0n) is 10.3. The fraction of sp³-hybridized carbons (Fsp3) is 0.545. The van der Waals surface area contributed by atoms with Crippen LogP contribution in [0.25, 0.3) is 0 Å². The van der Waals surface area contributed by atoms with Crippen molar-refractivity contribution in [3.05, 3.63) is 27.1 Å². The van der Waals surface area contributed by atoms with E-state index < -0.39 is 16.8 Å². The summed E-state index contributed by atoms with van der Waals surface area (Å²) in [5.74, 6) is -1.27. The van der Waals surface area contributed by atoms with Gasteiger partial charge in [0.1, 0.15) is 0 Å². The van der Waals surface area contributed by atoms with Gasteiger partial charge in [0.2, 0.25) is 0 Å². The summed E-state index contributed by atoms with van der Waals surface area (Å²) >= 11 is 1.13. The Bertz CT molecular complexity index is 432. The molecule has 18 heavy (non-hydrogen) atoms. The van der Waals surface area contributed by atoms with Gasteiger partial charge >= 0.3 is 11.0 Å². The van der Waals surface area contributed by atoms with Gasteiger partial charge in [-0.1, -0.05) is 25.2 Å². The number of carbonyl (C=O) groups is 1. The summed E-state index contributed by atoms with van der Waals surface area (Å²) in [7, 11) is 0. The summed E-state index contributed by atoms with van der Waals surface area (Å²) in [5.41, 5.74) is 0. The van der Waals surface area contributed by atoms with E-state index in [2.05, 4.69) is 0 Å². The highest BCUT2D eigenvalue weighted by Gasteiger charge is 2.17. The first-order valence-electron chi connectivity index (χ1n) is 5.62. The van der Waals surface area contributed by atoms with Crippen LogP contribution < -0.4 is 0 Å². The first-order valence-corrected chi connectivity index (χ1v) is 6.44. The topological polar surface area (TPSA) is 83.7 Å². The highest BCUT2D eigenvalue weighted by atomic mass is 32.1. The number of carboxylic acid groups (broad SMARTS) is 1. The first kappa shape index (κ1) is 14.6. The highest BCUT2D eigenvalue weighted by Crippen LogP contribution is 2.25. The fourth-order valence-electron chi connectivity index (χ4n) is 1.54. The molecule has 6 nitrogen and oxygen atoms in total. The molecule has 0 radical (unpaired) electrons. The van der Waals surface area contributed by atoms with Gasteiger partial charge in [-0.3, -0.25) is 19.8 Å². The molecule has 1 aromatic rings. The molecule has 100 valence electrons.